The van der Waals surface area contributed by atoms with E-state index >= 15 is 0 Å². The van der Waals surface area contributed by atoms with Gasteiger partial charge < -0.3 is 14.4 Å². The molecule has 1 aromatic carbocycles. The maximum atomic E-state index is 12.0. The van der Waals surface area contributed by atoms with Gasteiger partial charge in [0.05, 0.1) is 19.3 Å². The summed E-state index contributed by atoms with van der Waals surface area (Å²) in [5.74, 6) is 0.928. The predicted octanol–water partition coefficient (Wildman–Crippen LogP) is 1.29. The van der Waals surface area contributed by atoms with E-state index in [9.17, 15) is 4.79 Å². The van der Waals surface area contributed by atoms with Crippen molar-refractivity contribution in [3.8, 4) is 5.75 Å². The van der Waals surface area contributed by atoms with E-state index in [1.165, 1.54) is 5.56 Å². The third kappa shape index (κ3) is 3.00. The van der Waals surface area contributed by atoms with Crippen molar-refractivity contribution in [2.45, 2.75) is 18.7 Å². The van der Waals surface area contributed by atoms with E-state index in [1.807, 2.05) is 17.0 Å². The molecule has 1 amide bonds. The first-order chi connectivity index (χ1) is 10.7. The van der Waals surface area contributed by atoms with Crippen LogP contribution in [0.5, 0.6) is 5.75 Å². The summed E-state index contributed by atoms with van der Waals surface area (Å²) in [6, 6.07) is 8.24. The van der Waals surface area contributed by atoms with E-state index in [1.54, 1.807) is 13.2 Å². The zero-order valence-corrected chi connectivity index (χ0v) is 12.9. The molecule has 0 bridgehead atoms. The number of amides is 1. The highest BCUT2D eigenvalue weighted by molar-refractivity contribution is 5.79. The van der Waals surface area contributed by atoms with E-state index in [0.29, 0.717) is 6.54 Å². The van der Waals surface area contributed by atoms with Crippen molar-refractivity contribution < 1.29 is 14.3 Å². The lowest BCUT2D eigenvalue weighted by atomic mass is 10.1. The summed E-state index contributed by atoms with van der Waals surface area (Å²) in [5, 5.41) is 0. The highest BCUT2D eigenvalue weighted by Gasteiger charge is 2.42. The number of hydrogen-bond acceptors (Lipinski definition) is 4. The van der Waals surface area contributed by atoms with Crippen LogP contribution in [0.1, 0.15) is 5.56 Å². The number of ether oxygens (including phenoxy) is 2. The number of carbonyl (C=O) groups excluding carboxylic acids is 1. The number of rotatable bonds is 5. The molecule has 0 radical (unpaired) electrons. The van der Waals surface area contributed by atoms with E-state index in [-0.39, 0.29) is 24.7 Å². The molecule has 3 rings (SSSR count). The van der Waals surface area contributed by atoms with Crippen molar-refractivity contribution in [2.75, 3.05) is 33.4 Å². The van der Waals surface area contributed by atoms with Gasteiger partial charge in [-0.05, 0) is 17.7 Å². The standard InChI is InChI=1S/C17H22N2O3/c1-3-8-19-15-10-18(11-16(15)22-12-17(19)20)9-13-4-6-14(21-2)7-5-13/h3-7,15-16H,1,8-12H2,2H3/t15-,16-/m1/s1. The quantitative estimate of drug-likeness (QED) is 0.769. The van der Waals surface area contributed by atoms with Crippen LogP contribution in [0, 0.1) is 0 Å². The molecule has 0 unspecified atom stereocenters. The molecule has 1 aromatic rings. The Bertz CT molecular complexity index is 543. The van der Waals surface area contributed by atoms with Gasteiger partial charge in [0.25, 0.3) is 0 Å². The van der Waals surface area contributed by atoms with Crippen molar-refractivity contribution in [1.82, 2.24) is 9.80 Å². The van der Waals surface area contributed by atoms with Gasteiger partial charge in [0.2, 0.25) is 5.91 Å². The summed E-state index contributed by atoms with van der Waals surface area (Å²) < 4.78 is 10.9. The molecular weight excluding hydrogens is 280 g/mol. The first kappa shape index (κ1) is 15.1. The maximum Gasteiger partial charge on any atom is 0.249 e. The largest absolute Gasteiger partial charge is 0.497 e. The van der Waals surface area contributed by atoms with Gasteiger partial charge in [-0.1, -0.05) is 18.2 Å². The normalized spacial score (nSPS) is 25.1. The predicted molar refractivity (Wildman–Crippen MR) is 83.7 cm³/mol. The Balaban J connectivity index is 1.65. The van der Waals surface area contributed by atoms with E-state index in [0.717, 1.165) is 25.4 Å². The molecule has 5 heteroatoms. The van der Waals surface area contributed by atoms with Crippen LogP contribution in [0.3, 0.4) is 0 Å². The highest BCUT2D eigenvalue weighted by Crippen LogP contribution is 2.25. The second-order valence-corrected chi connectivity index (χ2v) is 5.79. The van der Waals surface area contributed by atoms with E-state index in [2.05, 4.69) is 23.6 Å². The molecule has 0 aromatic heterocycles. The molecule has 2 fully saturated rings. The van der Waals surface area contributed by atoms with Crippen LogP contribution in [0.25, 0.3) is 0 Å². The van der Waals surface area contributed by atoms with Crippen LogP contribution >= 0.6 is 0 Å². The van der Waals surface area contributed by atoms with Crippen LogP contribution in [-0.4, -0.2) is 61.2 Å². The van der Waals surface area contributed by atoms with Crippen molar-refractivity contribution in [3.63, 3.8) is 0 Å². The second-order valence-electron chi connectivity index (χ2n) is 5.79. The monoisotopic (exact) mass is 302 g/mol. The Morgan fingerprint density at radius 3 is 2.82 bits per heavy atom. The molecule has 2 heterocycles. The minimum atomic E-state index is 0.0625. The second kappa shape index (κ2) is 6.50. The van der Waals surface area contributed by atoms with Gasteiger partial charge in [-0.25, -0.2) is 0 Å². The number of fused-ring (bicyclic) bond motifs is 1. The smallest absolute Gasteiger partial charge is 0.249 e. The van der Waals surface area contributed by atoms with Gasteiger partial charge in [0.1, 0.15) is 12.4 Å². The number of morpholine rings is 1. The van der Waals surface area contributed by atoms with E-state index in [4.69, 9.17) is 9.47 Å². The minimum Gasteiger partial charge on any atom is -0.497 e. The fourth-order valence-electron chi connectivity index (χ4n) is 3.24. The van der Waals surface area contributed by atoms with Gasteiger partial charge in [0, 0.05) is 26.2 Å². The molecule has 0 N–H and O–H groups in total. The van der Waals surface area contributed by atoms with E-state index < -0.39 is 0 Å². The molecule has 0 saturated carbocycles. The van der Waals surface area contributed by atoms with Crippen molar-refractivity contribution >= 4 is 5.91 Å². The highest BCUT2D eigenvalue weighted by atomic mass is 16.5. The molecule has 0 aliphatic carbocycles. The summed E-state index contributed by atoms with van der Waals surface area (Å²) in [4.78, 5) is 16.2. The molecule has 2 aliphatic rings. The van der Waals surface area contributed by atoms with Crippen LogP contribution in [-0.2, 0) is 16.1 Å². The number of hydrogen-bond donors (Lipinski definition) is 0. The van der Waals surface area contributed by atoms with Gasteiger partial charge in [0.15, 0.2) is 0 Å². The molecule has 2 aliphatic heterocycles. The lowest BCUT2D eigenvalue weighted by Gasteiger charge is -2.36. The molecule has 0 spiro atoms. The number of carbonyl (C=O) groups is 1. The van der Waals surface area contributed by atoms with Crippen molar-refractivity contribution in [3.05, 3.63) is 42.5 Å². The molecule has 118 valence electrons. The molecule has 2 atom stereocenters. The average molecular weight is 302 g/mol. The fraction of sp³-hybridized carbons (Fsp3) is 0.471. The summed E-state index contributed by atoms with van der Waals surface area (Å²) in [7, 11) is 1.67. The van der Waals surface area contributed by atoms with Crippen LogP contribution in [0.15, 0.2) is 36.9 Å². The maximum absolute atomic E-state index is 12.0. The third-order valence-corrected chi connectivity index (χ3v) is 4.35. The minimum absolute atomic E-state index is 0.0625. The SMILES string of the molecule is C=CCN1C(=O)CO[C@@H]2CN(Cc3ccc(OC)cc3)C[C@H]21. The van der Waals surface area contributed by atoms with Crippen LogP contribution in [0.4, 0.5) is 0 Å². The number of benzene rings is 1. The lowest BCUT2D eigenvalue weighted by Crippen LogP contribution is -2.53. The summed E-state index contributed by atoms with van der Waals surface area (Å²) in [6.07, 6.45) is 1.89. The molecule has 22 heavy (non-hydrogen) atoms. The summed E-state index contributed by atoms with van der Waals surface area (Å²) in [5.41, 5.74) is 1.24. The van der Waals surface area contributed by atoms with Crippen LogP contribution in [0.2, 0.25) is 0 Å². The summed E-state index contributed by atoms with van der Waals surface area (Å²) >= 11 is 0. The Labute approximate surface area is 131 Å². The lowest BCUT2D eigenvalue weighted by molar-refractivity contribution is -0.151. The number of nitrogens with zero attached hydrogens (tertiary/aromatic N) is 2. The fourth-order valence-corrected chi connectivity index (χ4v) is 3.24. The van der Waals surface area contributed by atoms with Crippen molar-refractivity contribution in [1.29, 1.82) is 0 Å². The zero-order valence-electron chi connectivity index (χ0n) is 12.9. The zero-order chi connectivity index (χ0) is 15.5. The number of methoxy groups -OCH3 is 1. The van der Waals surface area contributed by atoms with Gasteiger partial charge in [-0.3, -0.25) is 9.69 Å². The van der Waals surface area contributed by atoms with Gasteiger partial charge in [-0.15, -0.1) is 6.58 Å². The Kier molecular flexibility index (Phi) is 4.45. The molecule has 2 saturated heterocycles. The Hall–Kier alpha value is -1.85. The molecule has 5 nitrogen and oxygen atoms in total. The first-order valence-corrected chi connectivity index (χ1v) is 7.58. The molecular formula is C17H22N2O3. The van der Waals surface area contributed by atoms with Gasteiger partial charge in [-0.2, -0.15) is 0 Å². The summed E-state index contributed by atoms with van der Waals surface area (Å²) in [6.45, 7) is 7.09. The number of likely N-dealkylation sites (tertiary alicyclic amines) is 1. The topological polar surface area (TPSA) is 42.0 Å². The Morgan fingerprint density at radius 1 is 1.36 bits per heavy atom. The van der Waals surface area contributed by atoms with Gasteiger partial charge >= 0.3 is 0 Å². The first-order valence-electron chi connectivity index (χ1n) is 7.58. The van der Waals surface area contributed by atoms with Crippen molar-refractivity contribution in [2.24, 2.45) is 0 Å². The average Bonchev–Trinajstić information content (AvgIpc) is 2.94. The van der Waals surface area contributed by atoms with Crippen LogP contribution < -0.4 is 4.74 Å². The third-order valence-electron chi connectivity index (χ3n) is 4.35. The Morgan fingerprint density at radius 2 is 2.14 bits per heavy atom.